The van der Waals surface area contributed by atoms with E-state index in [4.69, 9.17) is 11.6 Å². The second kappa shape index (κ2) is 6.74. The zero-order chi connectivity index (χ0) is 15.3. The summed E-state index contributed by atoms with van der Waals surface area (Å²) >= 11 is 5.75. The Labute approximate surface area is 129 Å². The van der Waals surface area contributed by atoms with Gasteiger partial charge in [0.1, 0.15) is 0 Å². The summed E-state index contributed by atoms with van der Waals surface area (Å²) < 4.78 is 24.3. The molecule has 0 heterocycles. The lowest BCUT2D eigenvalue weighted by Crippen LogP contribution is -2.20. The van der Waals surface area contributed by atoms with Gasteiger partial charge in [0.15, 0.2) is 0 Å². The van der Waals surface area contributed by atoms with Gasteiger partial charge in [0.2, 0.25) is 0 Å². The lowest BCUT2D eigenvalue weighted by molar-refractivity contribution is 0.584. The fourth-order valence-corrected chi connectivity index (χ4v) is 2.72. The Morgan fingerprint density at radius 1 is 1.10 bits per heavy atom. The molecule has 0 spiro atoms. The highest BCUT2D eigenvalue weighted by atomic mass is 35.5. The van der Waals surface area contributed by atoms with Gasteiger partial charge in [0.25, 0.3) is 10.0 Å². The number of sulfonamides is 1. The third-order valence-electron chi connectivity index (χ3n) is 2.87. The average molecular weight is 323 g/mol. The standard InChI is InChI=1S/C15H15ClN2O2S/c1-2-15(12-6-4-3-5-7-12)17-18-21(19,20)14-10-8-13(16)9-11-14/h3-11,18H,2H2,1H3/b17-15-. The predicted molar refractivity (Wildman–Crippen MR) is 85.0 cm³/mol. The smallest absolute Gasteiger partial charge is 0.200 e. The maximum absolute atomic E-state index is 12.1. The summed E-state index contributed by atoms with van der Waals surface area (Å²) in [6.07, 6.45) is 0.618. The summed E-state index contributed by atoms with van der Waals surface area (Å²) in [6, 6.07) is 15.4. The molecular weight excluding hydrogens is 308 g/mol. The van der Waals surface area contributed by atoms with E-state index in [1.54, 1.807) is 0 Å². The highest BCUT2D eigenvalue weighted by Gasteiger charge is 2.13. The minimum Gasteiger partial charge on any atom is -0.200 e. The van der Waals surface area contributed by atoms with E-state index in [1.165, 1.54) is 24.3 Å². The Bertz CT molecular complexity index is 726. The molecule has 2 aromatic rings. The van der Waals surface area contributed by atoms with Crippen LogP contribution >= 0.6 is 11.6 Å². The van der Waals surface area contributed by atoms with E-state index in [1.807, 2.05) is 37.3 Å². The molecule has 0 saturated carbocycles. The lowest BCUT2D eigenvalue weighted by Gasteiger charge is -2.07. The van der Waals surface area contributed by atoms with E-state index in [0.717, 1.165) is 5.56 Å². The van der Waals surface area contributed by atoms with Crippen LogP contribution in [0.15, 0.2) is 64.6 Å². The van der Waals surface area contributed by atoms with Crippen LogP contribution in [0.3, 0.4) is 0 Å². The molecule has 0 unspecified atom stereocenters. The summed E-state index contributed by atoms with van der Waals surface area (Å²) in [4.78, 5) is 2.39. The molecular formula is C15H15ClN2O2S. The van der Waals surface area contributed by atoms with Crippen molar-refractivity contribution >= 4 is 27.3 Å². The van der Waals surface area contributed by atoms with E-state index < -0.39 is 10.0 Å². The van der Waals surface area contributed by atoms with Crippen LogP contribution in [0.1, 0.15) is 18.9 Å². The molecule has 21 heavy (non-hydrogen) atoms. The van der Waals surface area contributed by atoms with E-state index in [2.05, 4.69) is 9.93 Å². The molecule has 2 aromatic carbocycles. The summed E-state index contributed by atoms with van der Waals surface area (Å²) in [6.45, 7) is 1.92. The van der Waals surface area contributed by atoms with Crippen molar-refractivity contribution < 1.29 is 8.42 Å². The van der Waals surface area contributed by atoms with Gasteiger partial charge in [0, 0.05) is 5.02 Å². The van der Waals surface area contributed by atoms with Gasteiger partial charge >= 0.3 is 0 Å². The second-order valence-electron chi connectivity index (χ2n) is 4.33. The number of hydrazone groups is 1. The molecule has 0 radical (unpaired) electrons. The molecule has 0 atom stereocenters. The van der Waals surface area contributed by atoms with Crippen LogP contribution in [0.5, 0.6) is 0 Å². The third kappa shape index (κ3) is 4.06. The minimum absolute atomic E-state index is 0.124. The Balaban J connectivity index is 2.24. The zero-order valence-electron chi connectivity index (χ0n) is 11.5. The Hall–Kier alpha value is -1.85. The van der Waals surface area contributed by atoms with Crippen LogP contribution in [-0.2, 0) is 10.0 Å². The van der Waals surface area contributed by atoms with Crippen LogP contribution in [0.2, 0.25) is 5.02 Å². The number of nitrogens with one attached hydrogen (secondary N) is 1. The molecule has 0 fully saturated rings. The van der Waals surface area contributed by atoms with Crippen LogP contribution < -0.4 is 4.83 Å². The summed E-state index contributed by atoms with van der Waals surface area (Å²) in [7, 11) is -3.69. The van der Waals surface area contributed by atoms with Crippen molar-refractivity contribution in [2.75, 3.05) is 0 Å². The quantitative estimate of drug-likeness (QED) is 0.677. The van der Waals surface area contributed by atoms with E-state index in [0.29, 0.717) is 17.2 Å². The fraction of sp³-hybridized carbons (Fsp3) is 0.133. The topological polar surface area (TPSA) is 58.5 Å². The Morgan fingerprint density at radius 2 is 1.71 bits per heavy atom. The molecule has 0 amide bonds. The largest absolute Gasteiger partial charge is 0.276 e. The van der Waals surface area contributed by atoms with Gasteiger partial charge in [-0.3, -0.25) is 0 Å². The maximum Gasteiger partial charge on any atom is 0.276 e. The third-order valence-corrected chi connectivity index (χ3v) is 4.34. The van der Waals surface area contributed by atoms with Crippen LogP contribution in [0.25, 0.3) is 0 Å². The molecule has 0 aliphatic rings. The number of nitrogens with zero attached hydrogens (tertiary/aromatic N) is 1. The first-order valence-corrected chi connectivity index (χ1v) is 8.28. The number of benzene rings is 2. The van der Waals surface area contributed by atoms with Gasteiger partial charge in [-0.1, -0.05) is 48.9 Å². The molecule has 1 N–H and O–H groups in total. The molecule has 6 heteroatoms. The Kier molecular flexibility index (Phi) is 4.98. The molecule has 0 aliphatic heterocycles. The molecule has 0 bridgehead atoms. The van der Waals surface area contributed by atoms with E-state index in [-0.39, 0.29) is 4.90 Å². The van der Waals surface area contributed by atoms with Crippen LogP contribution in [0, 0.1) is 0 Å². The normalized spacial score (nSPS) is 12.2. The first-order valence-electron chi connectivity index (χ1n) is 6.42. The summed E-state index contributed by atoms with van der Waals surface area (Å²) in [5, 5.41) is 4.51. The average Bonchev–Trinajstić information content (AvgIpc) is 2.49. The maximum atomic E-state index is 12.1. The highest BCUT2D eigenvalue weighted by molar-refractivity contribution is 7.89. The van der Waals surface area contributed by atoms with Gasteiger partial charge in [-0.2, -0.15) is 18.4 Å². The minimum atomic E-state index is -3.69. The lowest BCUT2D eigenvalue weighted by atomic mass is 10.1. The Morgan fingerprint density at radius 3 is 2.29 bits per heavy atom. The van der Waals surface area contributed by atoms with Crippen molar-refractivity contribution in [3.05, 3.63) is 65.2 Å². The first-order chi connectivity index (χ1) is 10.0. The van der Waals surface area contributed by atoms with Crippen LogP contribution in [-0.4, -0.2) is 14.1 Å². The molecule has 4 nitrogen and oxygen atoms in total. The molecule has 0 aromatic heterocycles. The van der Waals surface area contributed by atoms with Crippen molar-refractivity contribution in [1.82, 2.24) is 4.83 Å². The van der Waals surface area contributed by atoms with Gasteiger partial charge in [-0.15, -0.1) is 0 Å². The SMILES string of the molecule is CC/C(=N/NS(=O)(=O)c1ccc(Cl)cc1)c1ccccc1. The van der Waals surface area contributed by atoms with Crippen molar-refractivity contribution in [2.24, 2.45) is 5.10 Å². The van der Waals surface area contributed by atoms with E-state index >= 15 is 0 Å². The number of rotatable bonds is 5. The zero-order valence-corrected chi connectivity index (χ0v) is 13.0. The van der Waals surface area contributed by atoms with Crippen LogP contribution in [0.4, 0.5) is 0 Å². The highest BCUT2D eigenvalue weighted by Crippen LogP contribution is 2.14. The van der Waals surface area contributed by atoms with Gasteiger partial charge in [-0.25, -0.2) is 0 Å². The molecule has 2 rings (SSSR count). The van der Waals surface area contributed by atoms with Crippen molar-refractivity contribution in [3.63, 3.8) is 0 Å². The van der Waals surface area contributed by atoms with Crippen molar-refractivity contribution in [2.45, 2.75) is 18.2 Å². The number of hydrogen-bond acceptors (Lipinski definition) is 3. The summed E-state index contributed by atoms with van der Waals surface area (Å²) in [5.74, 6) is 0. The monoisotopic (exact) mass is 322 g/mol. The molecule has 0 saturated heterocycles. The van der Waals surface area contributed by atoms with Gasteiger partial charge in [-0.05, 0) is 36.2 Å². The molecule has 110 valence electrons. The summed E-state index contributed by atoms with van der Waals surface area (Å²) in [5.41, 5.74) is 1.56. The van der Waals surface area contributed by atoms with E-state index in [9.17, 15) is 8.42 Å². The van der Waals surface area contributed by atoms with Crippen molar-refractivity contribution in [3.8, 4) is 0 Å². The van der Waals surface area contributed by atoms with Gasteiger partial charge < -0.3 is 0 Å². The first kappa shape index (κ1) is 15.5. The number of hydrogen-bond donors (Lipinski definition) is 1. The fourth-order valence-electron chi connectivity index (χ4n) is 1.76. The van der Waals surface area contributed by atoms with Gasteiger partial charge in [0.05, 0.1) is 10.6 Å². The predicted octanol–water partition coefficient (Wildman–Crippen LogP) is 3.43. The second-order valence-corrected chi connectivity index (χ2v) is 6.42. The van der Waals surface area contributed by atoms with Crippen molar-refractivity contribution in [1.29, 1.82) is 0 Å². The molecule has 0 aliphatic carbocycles. The number of halogens is 1.